The number of sulfonamides is 1. The Morgan fingerprint density at radius 3 is 2.62 bits per heavy atom. The Balaban J connectivity index is 1.60. The third kappa shape index (κ3) is 3.75. The minimum atomic E-state index is -3.67. The Bertz CT molecular complexity index is 1200. The van der Waals surface area contributed by atoms with Crippen LogP contribution in [0.3, 0.4) is 0 Å². The van der Waals surface area contributed by atoms with Gasteiger partial charge in [-0.25, -0.2) is 17.7 Å². The number of aromatic nitrogens is 2. The molecule has 1 aliphatic carbocycles. The Morgan fingerprint density at radius 2 is 1.97 bits per heavy atom. The molecule has 0 bridgehead atoms. The van der Waals surface area contributed by atoms with E-state index >= 15 is 0 Å². The predicted molar refractivity (Wildman–Crippen MR) is 113 cm³/mol. The molecule has 0 unspecified atom stereocenters. The summed E-state index contributed by atoms with van der Waals surface area (Å²) >= 11 is 6.16. The van der Waals surface area contributed by atoms with E-state index in [2.05, 4.69) is 15.3 Å². The molecule has 0 aliphatic heterocycles. The van der Waals surface area contributed by atoms with E-state index in [1.54, 1.807) is 6.07 Å². The molecule has 4 rings (SSSR count). The highest BCUT2D eigenvalue weighted by Gasteiger charge is 2.23. The maximum atomic E-state index is 12.8. The molecule has 1 aliphatic rings. The number of carbonyl (C=O) groups is 1. The number of carbonyl (C=O) groups excluding carboxylic acids is 1. The first-order valence-corrected chi connectivity index (χ1v) is 11.1. The topological polar surface area (TPSA) is 95.2 Å². The van der Waals surface area contributed by atoms with E-state index in [1.807, 2.05) is 12.1 Å². The number of halogens is 1. The number of fused-ring (bicyclic) bond motifs is 1. The molecule has 0 spiro atoms. The summed E-state index contributed by atoms with van der Waals surface area (Å²) in [6, 6.07) is 9.51. The SMILES string of the molecule is CN(C)S(=O)(=O)c1ccc(Cl)c(C(=O)Nc2ccc3nc(C4CCC4)[nH]c3c2)c1. The number of imidazole rings is 1. The van der Waals surface area contributed by atoms with E-state index in [4.69, 9.17) is 11.6 Å². The molecule has 2 aromatic carbocycles. The number of H-pyrrole nitrogens is 1. The van der Waals surface area contributed by atoms with Crippen LogP contribution in [0, 0.1) is 0 Å². The lowest BCUT2D eigenvalue weighted by molar-refractivity contribution is 0.102. The summed E-state index contributed by atoms with van der Waals surface area (Å²) in [7, 11) is -0.809. The molecule has 0 radical (unpaired) electrons. The van der Waals surface area contributed by atoms with Crippen LogP contribution in [0.25, 0.3) is 11.0 Å². The van der Waals surface area contributed by atoms with Crippen molar-refractivity contribution in [1.29, 1.82) is 0 Å². The molecule has 152 valence electrons. The molecule has 29 heavy (non-hydrogen) atoms. The van der Waals surface area contributed by atoms with Gasteiger partial charge in [0.15, 0.2) is 0 Å². The standard InChI is InChI=1S/C20H21ClN4O3S/c1-25(2)29(27,28)14-7-8-16(21)15(11-14)20(26)22-13-6-9-17-18(10-13)24-19(23-17)12-4-3-5-12/h6-12H,3-5H2,1-2H3,(H,22,26)(H,23,24). The second kappa shape index (κ2) is 7.44. The Hall–Kier alpha value is -2.42. The lowest BCUT2D eigenvalue weighted by Gasteiger charge is -2.22. The second-order valence-corrected chi connectivity index (χ2v) is 9.92. The lowest BCUT2D eigenvalue weighted by atomic mass is 9.85. The van der Waals surface area contributed by atoms with Crippen LogP contribution in [-0.4, -0.2) is 42.7 Å². The average molecular weight is 433 g/mol. The molecule has 1 fully saturated rings. The fourth-order valence-corrected chi connectivity index (χ4v) is 4.36. The van der Waals surface area contributed by atoms with Crippen molar-refractivity contribution in [2.24, 2.45) is 0 Å². The largest absolute Gasteiger partial charge is 0.342 e. The first-order chi connectivity index (χ1) is 13.8. The fraction of sp³-hybridized carbons (Fsp3) is 0.300. The number of aromatic amines is 1. The first-order valence-electron chi connectivity index (χ1n) is 9.29. The Labute approximate surface area is 174 Å². The quantitative estimate of drug-likeness (QED) is 0.637. The highest BCUT2D eigenvalue weighted by atomic mass is 35.5. The van der Waals surface area contributed by atoms with Gasteiger partial charge in [-0.1, -0.05) is 18.0 Å². The van der Waals surface area contributed by atoms with Crippen molar-refractivity contribution in [2.45, 2.75) is 30.1 Å². The molecular weight excluding hydrogens is 412 g/mol. The van der Waals surface area contributed by atoms with Crippen molar-refractivity contribution >= 4 is 44.3 Å². The molecule has 9 heteroatoms. The van der Waals surface area contributed by atoms with Crippen LogP contribution >= 0.6 is 11.6 Å². The molecule has 1 aromatic heterocycles. The summed E-state index contributed by atoms with van der Waals surface area (Å²) in [6.07, 6.45) is 3.52. The summed E-state index contributed by atoms with van der Waals surface area (Å²) in [5.41, 5.74) is 2.36. The number of rotatable bonds is 5. The summed E-state index contributed by atoms with van der Waals surface area (Å²) in [6.45, 7) is 0. The number of nitrogens with one attached hydrogen (secondary N) is 2. The van der Waals surface area contributed by atoms with Crippen LogP contribution in [-0.2, 0) is 10.0 Å². The smallest absolute Gasteiger partial charge is 0.257 e. The number of amides is 1. The van der Waals surface area contributed by atoms with Gasteiger partial charge >= 0.3 is 0 Å². The van der Waals surface area contributed by atoms with Crippen molar-refractivity contribution < 1.29 is 13.2 Å². The minimum absolute atomic E-state index is 0.00575. The van der Waals surface area contributed by atoms with Crippen molar-refractivity contribution in [1.82, 2.24) is 14.3 Å². The van der Waals surface area contributed by atoms with Crippen molar-refractivity contribution in [3.63, 3.8) is 0 Å². The van der Waals surface area contributed by atoms with E-state index in [0.717, 1.165) is 34.0 Å². The number of benzene rings is 2. The van der Waals surface area contributed by atoms with E-state index in [9.17, 15) is 13.2 Å². The van der Waals surface area contributed by atoms with Crippen molar-refractivity contribution in [2.75, 3.05) is 19.4 Å². The van der Waals surface area contributed by atoms with Gasteiger partial charge in [-0.3, -0.25) is 4.79 Å². The highest BCUT2D eigenvalue weighted by Crippen LogP contribution is 2.35. The van der Waals surface area contributed by atoms with Crippen LogP contribution in [0.1, 0.15) is 41.4 Å². The van der Waals surface area contributed by atoms with Gasteiger partial charge in [0.1, 0.15) is 5.82 Å². The summed E-state index contributed by atoms with van der Waals surface area (Å²) in [5, 5.41) is 2.96. The minimum Gasteiger partial charge on any atom is -0.342 e. The molecule has 0 atom stereocenters. The van der Waals surface area contributed by atoms with Crippen LogP contribution < -0.4 is 5.32 Å². The maximum Gasteiger partial charge on any atom is 0.257 e. The van der Waals surface area contributed by atoms with Crippen LogP contribution in [0.15, 0.2) is 41.3 Å². The molecule has 0 saturated heterocycles. The van der Waals surface area contributed by atoms with Crippen molar-refractivity contribution in [3.8, 4) is 0 Å². The van der Waals surface area contributed by atoms with Gasteiger partial charge in [-0.05, 0) is 49.2 Å². The molecule has 3 aromatic rings. The van der Waals surface area contributed by atoms with Gasteiger partial charge in [0.25, 0.3) is 5.91 Å². The van der Waals surface area contributed by atoms with E-state index in [1.165, 1.54) is 38.7 Å². The number of hydrogen-bond donors (Lipinski definition) is 2. The van der Waals surface area contributed by atoms with Gasteiger partial charge in [0.05, 0.1) is 26.5 Å². The predicted octanol–water partition coefficient (Wildman–Crippen LogP) is 3.99. The molecular formula is C20H21ClN4O3S. The molecule has 1 saturated carbocycles. The van der Waals surface area contributed by atoms with Gasteiger partial charge in [-0.2, -0.15) is 0 Å². The highest BCUT2D eigenvalue weighted by molar-refractivity contribution is 7.89. The summed E-state index contributed by atoms with van der Waals surface area (Å²) in [5.74, 6) is 0.990. The van der Waals surface area contributed by atoms with Crippen molar-refractivity contribution in [3.05, 3.63) is 52.8 Å². The summed E-state index contributed by atoms with van der Waals surface area (Å²) < 4.78 is 25.8. The average Bonchev–Trinajstić information content (AvgIpc) is 3.02. The third-order valence-electron chi connectivity index (χ3n) is 5.21. The monoisotopic (exact) mass is 432 g/mol. The molecule has 2 N–H and O–H groups in total. The zero-order valence-electron chi connectivity index (χ0n) is 16.1. The molecule has 1 amide bonds. The molecule has 7 nitrogen and oxygen atoms in total. The summed E-state index contributed by atoms with van der Waals surface area (Å²) in [4.78, 5) is 20.7. The van der Waals surface area contributed by atoms with Crippen LogP contribution in [0.5, 0.6) is 0 Å². The normalized spacial score (nSPS) is 14.9. The Kier molecular flexibility index (Phi) is 5.10. The lowest BCUT2D eigenvalue weighted by Crippen LogP contribution is -2.23. The van der Waals surface area contributed by atoms with Crippen LogP contribution in [0.4, 0.5) is 5.69 Å². The zero-order valence-corrected chi connectivity index (χ0v) is 17.6. The van der Waals surface area contributed by atoms with Gasteiger partial charge in [-0.15, -0.1) is 0 Å². The van der Waals surface area contributed by atoms with E-state index < -0.39 is 15.9 Å². The fourth-order valence-electron chi connectivity index (χ4n) is 3.23. The van der Waals surface area contributed by atoms with Gasteiger partial charge in [0.2, 0.25) is 10.0 Å². The zero-order chi connectivity index (χ0) is 20.8. The second-order valence-electron chi connectivity index (χ2n) is 7.37. The number of nitrogens with zero attached hydrogens (tertiary/aromatic N) is 2. The van der Waals surface area contributed by atoms with E-state index in [0.29, 0.717) is 11.6 Å². The Morgan fingerprint density at radius 1 is 1.21 bits per heavy atom. The molecule has 1 heterocycles. The first kappa shape index (κ1) is 19.9. The third-order valence-corrected chi connectivity index (χ3v) is 7.35. The number of anilines is 1. The van der Waals surface area contributed by atoms with Gasteiger partial charge in [0, 0.05) is 25.7 Å². The van der Waals surface area contributed by atoms with Crippen LogP contribution in [0.2, 0.25) is 5.02 Å². The number of hydrogen-bond acceptors (Lipinski definition) is 4. The maximum absolute atomic E-state index is 12.8. The van der Waals surface area contributed by atoms with Gasteiger partial charge < -0.3 is 10.3 Å². The van der Waals surface area contributed by atoms with E-state index in [-0.39, 0.29) is 15.5 Å².